The van der Waals surface area contributed by atoms with Crippen LogP contribution in [-0.4, -0.2) is 45.3 Å². The lowest BCUT2D eigenvalue weighted by atomic mass is 10.1. The first-order valence-electron chi connectivity index (χ1n) is 6.05. The second-order valence-electron chi connectivity index (χ2n) is 5.20. The predicted molar refractivity (Wildman–Crippen MR) is 72.8 cm³/mol. The van der Waals surface area contributed by atoms with Crippen LogP contribution < -0.4 is 15.4 Å². The number of sulfonamides is 1. The van der Waals surface area contributed by atoms with E-state index in [-0.39, 0.29) is 18.5 Å². The number of rotatable bonds is 8. The van der Waals surface area contributed by atoms with Gasteiger partial charge in [0.05, 0.1) is 6.26 Å². The van der Waals surface area contributed by atoms with Crippen LogP contribution >= 0.6 is 0 Å². The van der Waals surface area contributed by atoms with E-state index < -0.39 is 15.6 Å². The first-order chi connectivity index (χ1) is 8.06. The molecule has 108 valence electrons. The quantitative estimate of drug-likeness (QED) is 0.575. The van der Waals surface area contributed by atoms with Gasteiger partial charge in [0.1, 0.15) is 0 Å². The molecule has 0 aliphatic carbocycles. The third kappa shape index (κ3) is 9.38. The Morgan fingerprint density at radius 2 is 1.89 bits per heavy atom. The Hall–Kier alpha value is -0.660. The Labute approximate surface area is 110 Å². The van der Waals surface area contributed by atoms with E-state index >= 15 is 0 Å². The third-order valence-electron chi connectivity index (χ3n) is 2.23. The van der Waals surface area contributed by atoms with Crippen molar-refractivity contribution in [2.75, 3.05) is 19.3 Å². The molecule has 0 rings (SSSR count). The summed E-state index contributed by atoms with van der Waals surface area (Å²) in [5, 5.41) is 5.87. The fourth-order valence-corrected chi connectivity index (χ4v) is 2.70. The molecule has 0 aromatic carbocycles. The van der Waals surface area contributed by atoms with E-state index in [0.29, 0.717) is 6.42 Å². The molecule has 0 saturated carbocycles. The van der Waals surface area contributed by atoms with E-state index in [2.05, 4.69) is 15.4 Å². The van der Waals surface area contributed by atoms with Crippen LogP contribution in [0.5, 0.6) is 0 Å². The van der Waals surface area contributed by atoms with E-state index in [1.165, 1.54) is 0 Å². The molecule has 0 aromatic rings. The highest BCUT2D eigenvalue weighted by molar-refractivity contribution is 7.88. The Bertz CT molecular complexity index is 366. The highest BCUT2D eigenvalue weighted by Crippen LogP contribution is 2.02. The average Bonchev–Trinajstić information content (AvgIpc) is 2.11. The molecule has 0 saturated heterocycles. The van der Waals surface area contributed by atoms with Gasteiger partial charge >= 0.3 is 0 Å². The van der Waals surface area contributed by atoms with Gasteiger partial charge in [0.2, 0.25) is 15.9 Å². The van der Waals surface area contributed by atoms with Crippen LogP contribution in [0.1, 0.15) is 34.1 Å². The van der Waals surface area contributed by atoms with Gasteiger partial charge in [0.15, 0.2) is 0 Å². The Kier molecular flexibility index (Phi) is 6.80. The minimum Gasteiger partial charge on any atom is -0.354 e. The summed E-state index contributed by atoms with van der Waals surface area (Å²) in [7, 11) is -3.28. The third-order valence-corrected chi connectivity index (χ3v) is 3.16. The molecule has 0 fully saturated rings. The maximum Gasteiger partial charge on any atom is 0.221 e. The zero-order chi connectivity index (χ0) is 14.4. The van der Waals surface area contributed by atoms with Gasteiger partial charge in [0.25, 0.3) is 0 Å². The molecule has 1 amide bonds. The van der Waals surface area contributed by atoms with Gasteiger partial charge in [-0.05, 0) is 27.3 Å². The summed E-state index contributed by atoms with van der Waals surface area (Å²) in [6.45, 7) is 8.44. The molecule has 0 aromatic heterocycles. The molecule has 1 unspecified atom stereocenters. The van der Waals surface area contributed by atoms with E-state index in [1.807, 2.05) is 13.8 Å². The van der Waals surface area contributed by atoms with Gasteiger partial charge in [-0.3, -0.25) is 4.79 Å². The standard InChI is InChI=1S/C11H25N3O3S/c1-6-12-9(2)7-10(15)13-8-11(3,4)14-18(5,16)17/h9,12,14H,6-8H2,1-5H3,(H,13,15). The van der Waals surface area contributed by atoms with Crippen LogP contribution in [0, 0.1) is 0 Å². The van der Waals surface area contributed by atoms with Crippen molar-refractivity contribution in [3.63, 3.8) is 0 Å². The number of hydrogen-bond acceptors (Lipinski definition) is 4. The average molecular weight is 279 g/mol. The van der Waals surface area contributed by atoms with Crippen LogP contribution in [0.4, 0.5) is 0 Å². The number of hydrogen-bond donors (Lipinski definition) is 3. The fraction of sp³-hybridized carbons (Fsp3) is 0.909. The normalized spacial score (nSPS) is 14.3. The molecular formula is C11H25N3O3S. The van der Waals surface area contributed by atoms with Crippen molar-refractivity contribution >= 4 is 15.9 Å². The first kappa shape index (κ1) is 17.3. The van der Waals surface area contributed by atoms with Gasteiger partial charge in [-0.25, -0.2) is 13.1 Å². The van der Waals surface area contributed by atoms with Gasteiger partial charge in [-0.1, -0.05) is 6.92 Å². The van der Waals surface area contributed by atoms with E-state index in [4.69, 9.17) is 0 Å². The van der Waals surface area contributed by atoms with Crippen molar-refractivity contribution in [1.82, 2.24) is 15.4 Å². The van der Waals surface area contributed by atoms with Gasteiger partial charge < -0.3 is 10.6 Å². The van der Waals surface area contributed by atoms with Crippen molar-refractivity contribution in [3.8, 4) is 0 Å². The number of amides is 1. The predicted octanol–water partition coefficient (Wildman–Crippen LogP) is -0.181. The lowest BCUT2D eigenvalue weighted by Crippen LogP contribution is -2.51. The molecule has 0 bridgehead atoms. The number of nitrogens with one attached hydrogen (secondary N) is 3. The fourth-order valence-electron chi connectivity index (χ4n) is 1.63. The smallest absolute Gasteiger partial charge is 0.221 e. The Morgan fingerprint density at radius 3 is 2.33 bits per heavy atom. The Balaban J connectivity index is 4.12. The highest BCUT2D eigenvalue weighted by atomic mass is 32.2. The zero-order valence-corrected chi connectivity index (χ0v) is 12.6. The minimum atomic E-state index is -3.28. The van der Waals surface area contributed by atoms with Crippen molar-refractivity contribution in [2.24, 2.45) is 0 Å². The minimum absolute atomic E-state index is 0.0909. The van der Waals surface area contributed by atoms with Crippen LogP contribution in [0.3, 0.4) is 0 Å². The van der Waals surface area contributed by atoms with Crippen molar-refractivity contribution in [2.45, 2.75) is 45.7 Å². The molecule has 7 heteroatoms. The lowest BCUT2D eigenvalue weighted by Gasteiger charge is -2.25. The molecule has 6 nitrogen and oxygen atoms in total. The van der Waals surface area contributed by atoms with Gasteiger partial charge in [0, 0.05) is 24.5 Å². The van der Waals surface area contributed by atoms with Gasteiger partial charge in [-0.15, -0.1) is 0 Å². The van der Waals surface area contributed by atoms with Gasteiger partial charge in [-0.2, -0.15) is 0 Å². The molecule has 1 atom stereocenters. The molecule has 0 aliphatic heterocycles. The molecular weight excluding hydrogens is 254 g/mol. The summed E-state index contributed by atoms with van der Waals surface area (Å²) in [5.41, 5.74) is -0.690. The van der Waals surface area contributed by atoms with Crippen LogP contribution in [0.25, 0.3) is 0 Å². The van der Waals surface area contributed by atoms with Crippen molar-refractivity contribution in [3.05, 3.63) is 0 Å². The van der Waals surface area contributed by atoms with E-state index in [9.17, 15) is 13.2 Å². The maximum absolute atomic E-state index is 11.6. The zero-order valence-electron chi connectivity index (χ0n) is 11.8. The summed E-state index contributed by atoms with van der Waals surface area (Å²) in [6, 6.07) is 0.112. The monoisotopic (exact) mass is 279 g/mol. The highest BCUT2D eigenvalue weighted by Gasteiger charge is 2.22. The van der Waals surface area contributed by atoms with E-state index in [0.717, 1.165) is 12.8 Å². The summed E-state index contributed by atoms with van der Waals surface area (Å²) < 4.78 is 24.7. The molecule has 3 N–H and O–H groups in total. The summed E-state index contributed by atoms with van der Waals surface area (Å²) in [4.78, 5) is 11.6. The second-order valence-corrected chi connectivity index (χ2v) is 6.95. The largest absolute Gasteiger partial charge is 0.354 e. The maximum atomic E-state index is 11.6. The topological polar surface area (TPSA) is 87.3 Å². The van der Waals surface area contributed by atoms with Crippen LogP contribution in [-0.2, 0) is 14.8 Å². The van der Waals surface area contributed by atoms with E-state index in [1.54, 1.807) is 13.8 Å². The van der Waals surface area contributed by atoms with Crippen LogP contribution in [0.15, 0.2) is 0 Å². The second kappa shape index (κ2) is 7.06. The van der Waals surface area contributed by atoms with Crippen molar-refractivity contribution < 1.29 is 13.2 Å². The van der Waals surface area contributed by atoms with Crippen LogP contribution in [0.2, 0.25) is 0 Å². The first-order valence-corrected chi connectivity index (χ1v) is 7.94. The summed E-state index contributed by atoms with van der Waals surface area (Å²) in [6.07, 6.45) is 1.48. The Morgan fingerprint density at radius 1 is 1.33 bits per heavy atom. The number of carbonyl (C=O) groups is 1. The summed E-state index contributed by atoms with van der Waals surface area (Å²) >= 11 is 0. The molecule has 0 aliphatic rings. The summed E-state index contributed by atoms with van der Waals surface area (Å²) in [5.74, 6) is -0.0909. The molecule has 0 spiro atoms. The number of carbonyl (C=O) groups excluding carboxylic acids is 1. The molecule has 18 heavy (non-hydrogen) atoms. The molecule has 0 heterocycles. The van der Waals surface area contributed by atoms with Crippen molar-refractivity contribution in [1.29, 1.82) is 0 Å². The molecule has 0 radical (unpaired) electrons. The SMILES string of the molecule is CCNC(C)CC(=O)NCC(C)(C)NS(C)(=O)=O. The lowest BCUT2D eigenvalue weighted by molar-refractivity contribution is -0.121.